The van der Waals surface area contributed by atoms with Gasteiger partial charge in [0.15, 0.2) is 0 Å². The summed E-state index contributed by atoms with van der Waals surface area (Å²) in [4.78, 5) is 19.6. The lowest BCUT2D eigenvalue weighted by atomic mass is 10.1. The molecule has 0 spiro atoms. The van der Waals surface area contributed by atoms with E-state index >= 15 is 0 Å². The second kappa shape index (κ2) is 7.60. The Hall–Kier alpha value is -1.87. The number of amides is 1. The van der Waals surface area contributed by atoms with Crippen molar-refractivity contribution in [3.8, 4) is 0 Å². The number of alkyl halides is 3. The molecule has 0 bridgehead atoms. The highest BCUT2D eigenvalue weighted by Gasteiger charge is 2.23. The Labute approximate surface area is 142 Å². The molecule has 2 N–H and O–H groups in total. The van der Waals surface area contributed by atoms with Crippen LogP contribution < -0.4 is 10.6 Å². The Balaban J connectivity index is 2.27. The Morgan fingerprint density at radius 2 is 1.96 bits per heavy atom. The van der Waals surface area contributed by atoms with Crippen LogP contribution in [0.2, 0.25) is 5.28 Å². The molecule has 5 nitrogen and oxygen atoms in total. The van der Waals surface area contributed by atoms with Gasteiger partial charge in [0.05, 0.1) is 15.7 Å². The third-order valence-electron chi connectivity index (χ3n) is 2.63. The molecule has 0 aliphatic rings. The number of benzene rings is 1. The van der Waals surface area contributed by atoms with Crippen LogP contribution in [0.1, 0.15) is 10.4 Å². The zero-order valence-corrected chi connectivity index (χ0v) is 13.6. The number of carbonyl (C=O) groups excluding carboxylic acids is 1. The highest BCUT2D eigenvalue weighted by Crippen LogP contribution is 2.26. The smallest absolute Gasteiger partial charge is 0.287 e. The number of nitrogens with one attached hydrogen (secondary N) is 2. The van der Waals surface area contributed by atoms with Gasteiger partial charge in [-0.15, -0.1) is 0 Å². The highest BCUT2D eigenvalue weighted by molar-refractivity contribution is 9.10. The predicted octanol–water partition coefficient (Wildman–Crippen LogP) is 3.93. The van der Waals surface area contributed by atoms with Crippen molar-refractivity contribution >= 4 is 44.9 Å². The van der Waals surface area contributed by atoms with Crippen LogP contribution in [0.25, 0.3) is 0 Å². The molecule has 1 heterocycles. The van der Waals surface area contributed by atoms with E-state index in [1.807, 2.05) is 0 Å². The molecule has 1 amide bonds. The average Bonchev–Trinajstić information content (AvgIpc) is 2.51. The second-order valence-corrected chi connectivity index (χ2v) is 5.41. The monoisotopic (exact) mass is 408 g/mol. The molecule has 0 saturated heterocycles. The summed E-state index contributed by atoms with van der Waals surface area (Å²) in [6, 6.07) is 5.98. The van der Waals surface area contributed by atoms with E-state index in [0.29, 0.717) is 4.47 Å². The van der Waals surface area contributed by atoms with Crippen LogP contribution in [0.3, 0.4) is 0 Å². The SMILES string of the molecule is O=C(NC(F)C(F)F)c1ccccc1Nc1nc(Cl)ncc1Br. The first-order valence-electron chi connectivity index (χ1n) is 6.15. The van der Waals surface area contributed by atoms with Crippen molar-refractivity contribution in [1.29, 1.82) is 0 Å². The summed E-state index contributed by atoms with van der Waals surface area (Å²) < 4.78 is 37.9. The third-order valence-corrected chi connectivity index (χ3v) is 3.39. The molecular formula is C13H9BrClF3N4O. The molecule has 122 valence electrons. The summed E-state index contributed by atoms with van der Waals surface area (Å²) >= 11 is 8.90. The summed E-state index contributed by atoms with van der Waals surface area (Å²) in [5.74, 6) is -0.729. The lowest BCUT2D eigenvalue weighted by Crippen LogP contribution is -2.36. The Bertz CT molecular complexity index is 719. The third kappa shape index (κ3) is 4.55. The fourth-order valence-corrected chi connectivity index (χ4v) is 2.04. The first-order chi connectivity index (χ1) is 10.9. The van der Waals surface area contributed by atoms with E-state index in [0.717, 1.165) is 0 Å². The van der Waals surface area contributed by atoms with E-state index in [9.17, 15) is 18.0 Å². The molecule has 2 rings (SSSR count). The fourth-order valence-electron chi connectivity index (χ4n) is 1.62. The zero-order valence-electron chi connectivity index (χ0n) is 11.2. The summed E-state index contributed by atoms with van der Waals surface area (Å²) in [5, 5.41) is 4.36. The average molecular weight is 410 g/mol. The van der Waals surface area contributed by atoms with Crippen molar-refractivity contribution in [3.05, 3.63) is 45.8 Å². The van der Waals surface area contributed by atoms with Crippen LogP contribution in [0.4, 0.5) is 24.7 Å². The normalized spacial score (nSPS) is 12.1. The number of rotatable bonds is 5. The number of hydrogen-bond acceptors (Lipinski definition) is 4. The Kier molecular flexibility index (Phi) is 5.78. The lowest BCUT2D eigenvalue weighted by molar-refractivity contribution is 0.0287. The first-order valence-corrected chi connectivity index (χ1v) is 7.32. The number of aromatic nitrogens is 2. The number of hydrogen-bond donors (Lipinski definition) is 2. The fraction of sp³-hybridized carbons (Fsp3) is 0.154. The van der Waals surface area contributed by atoms with Gasteiger partial charge in [-0.3, -0.25) is 4.79 Å². The molecule has 2 aromatic rings. The van der Waals surface area contributed by atoms with Crippen LogP contribution in [-0.2, 0) is 0 Å². The summed E-state index contributed by atoms with van der Waals surface area (Å²) in [6.07, 6.45) is -4.67. The molecular weight excluding hydrogens is 401 g/mol. The van der Waals surface area contributed by atoms with Crippen molar-refractivity contribution in [1.82, 2.24) is 15.3 Å². The minimum Gasteiger partial charge on any atom is -0.338 e. The molecule has 10 heteroatoms. The van der Waals surface area contributed by atoms with E-state index in [1.165, 1.54) is 24.4 Å². The Morgan fingerprint density at radius 3 is 2.65 bits per heavy atom. The molecule has 1 aromatic carbocycles. The quantitative estimate of drug-likeness (QED) is 0.580. The van der Waals surface area contributed by atoms with Gasteiger partial charge >= 0.3 is 0 Å². The van der Waals surface area contributed by atoms with E-state index in [-0.39, 0.29) is 22.4 Å². The number of carbonyl (C=O) groups is 1. The first kappa shape index (κ1) is 17.5. The molecule has 0 fully saturated rings. The number of halogens is 5. The van der Waals surface area contributed by atoms with E-state index < -0.39 is 18.6 Å². The van der Waals surface area contributed by atoms with Gasteiger partial charge in [0.25, 0.3) is 12.3 Å². The molecule has 0 aliphatic carbocycles. The summed E-state index contributed by atoms with van der Waals surface area (Å²) in [5.41, 5.74) is 0.208. The minimum atomic E-state index is -3.31. The van der Waals surface area contributed by atoms with Gasteiger partial charge in [0.2, 0.25) is 11.6 Å². The Morgan fingerprint density at radius 1 is 1.26 bits per heavy atom. The number of nitrogens with zero attached hydrogens (tertiary/aromatic N) is 2. The highest BCUT2D eigenvalue weighted by atomic mass is 79.9. The van der Waals surface area contributed by atoms with Crippen LogP contribution in [0.5, 0.6) is 0 Å². The molecule has 0 saturated carbocycles. The number of anilines is 2. The maximum Gasteiger partial charge on any atom is 0.287 e. The van der Waals surface area contributed by atoms with Crippen molar-refractivity contribution < 1.29 is 18.0 Å². The van der Waals surface area contributed by atoms with Gasteiger partial charge in [0, 0.05) is 6.20 Å². The van der Waals surface area contributed by atoms with Gasteiger partial charge in [-0.1, -0.05) is 12.1 Å². The van der Waals surface area contributed by atoms with E-state index in [1.54, 1.807) is 11.4 Å². The standard InChI is InChI=1S/C13H9BrClF3N4O/c14-7-5-19-13(15)22-11(7)20-8-4-2-1-3-6(8)12(23)21-10(18)9(16)17/h1-5,9-10H,(H,21,23)(H,19,20,22). The van der Waals surface area contributed by atoms with Crippen LogP contribution in [0.15, 0.2) is 34.9 Å². The molecule has 0 radical (unpaired) electrons. The van der Waals surface area contributed by atoms with Crippen LogP contribution >= 0.6 is 27.5 Å². The molecule has 23 heavy (non-hydrogen) atoms. The molecule has 0 aliphatic heterocycles. The van der Waals surface area contributed by atoms with Gasteiger partial charge in [-0.25, -0.2) is 18.2 Å². The maximum atomic E-state index is 13.0. The van der Waals surface area contributed by atoms with Crippen molar-refractivity contribution in [3.63, 3.8) is 0 Å². The molecule has 1 atom stereocenters. The van der Waals surface area contributed by atoms with Gasteiger partial charge in [-0.2, -0.15) is 4.98 Å². The second-order valence-electron chi connectivity index (χ2n) is 4.22. The lowest BCUT2D eigenvalue weighted by Gasteiger charge is -2.14. The molecule has 1 aromatic heterocycles. The maximum absolute atomic E-state index is 13.0. The predicted molar refractivity (Wildman–Crippen MR) is 82.8 cm³/mol. The largest absolute Gasteiger partial charge is 0.338 e. The minimum absolute atomic E-state index is 0.0286. The van der Waals surface area contributed by atoms with Crippen molar-refractivity contribution in [2.45, 2.75) is 12.7 Å². The van der Waals surface area contributed by atoms with Gasteiger partial charge < -0.3 is 10.6 Å². The topological polar surface area (TPSA) is 66.9 Å². The summed E-state index contributed by atoms with van der Waals surface area (Å²) in [6.45, 7) is 0. The molecule has 1 unspecified atom stereocenters. The van der Waals surface area contributed by atoms with Crippen molar-refractivity contribution in [2.24, 2.45) is 0 Å². The van der Waals surface area contributed by atoms with E-state index in [4.69, 9.17) is 11.6 Å². The number of para-hydroxylation sites is 1. The van der Waals surface area contributed by atoms with E-state index in [2.05, 4.69) is 31.2 Å². The van der Waals surface area contributed by atoms with Crippen LogP contribution in [0, 0.1) is 0 Å². The van der Waals surface area contributed by atoms with Crippen LogP contribution in [-0.4, -0.2) is 28.6 Å². The van der Waals surface area contributed by atoms with Gasteiger partial charge in [0.1, 0.15) is 5.82 Å². The zero-order chi connectivity index (χ0) is 17.0. The van der Waals surface area contributed by atoms with Crippen molar-refractivity contribution in [2.75, 3.05) is 5.32 Å². The van der Waals surface area contributed by atoms with Gasteiger partial charge in [-0.05, 0) is 39.7 Å². The summed E-state index contributed by atoms with van der Waals surface area (Å²) in [7, 11) is 0.